The lowest BCUT2D eigenvalue weighted by Gasteiger charge is -2.36. The molecule has 0 atom stereocenters. The molecule has 1 fully saturated rings. The van der Waals surface area contributed by atoms with E-state index in [1.807, 2.05) is 41.3 Å². The number of ether oxygens (including phenoxy) is 1. The molecule has 1 aliphatic heterocycles. The van der Waals surface area contributed by atoms with Gasteiger partial charge in [-0.15, -0.1) is 0 Å². The van der Waals surface area contributed by atoms with Crippen LogP contribution in [0.15, 0.2) is 83.3 Å². The zero-order valence-corrected chi connectivity index (χ0v) is 19.1. The van der Waals surface area contributed by atoms with Gasteiger partial charge in [0.15, 0.2) is 6.61 Å². The number of nitrogens with one attached hydrogen (secondary N) is 1. The highest BCUT2D eigenvalue weighted by atomic mass is 79.9. The van der Waals surface area contributed by atoms with E-state index in [0.717, 1.165) is 17.6 Å². The third-order valence-electron chi connectivity index (χ3n) is 5.29. The van der Waals surface area contributed by atoms with E-state index < -0.39 is 0 Å². The van der Waals surface area contributed by atoms with Gasteiger partial charge in [-0.25, -0.2) is 0 Å². The number of carbonyl (C=O) groups is 2. The first-order valence-corrected chi connectivity index (χ1v) is 11.3. The molecular weight excluding hydrogens is 470 g/mol. The highest BCUT2D eigenvalue weighted by Crippen LogP contribution is 2.22. The van der Waals surface area contributed by atoms with E-state index in [1.54, 1.807) is 30.3 Å². The number of halogens is 1. The summed E-state index contributed by atoms with van der Waals surface area (Å²) in [6.45, 7) is 2.63. The van der Waals surface area contributed by atoms with E-state index in [0.29, 0.717) is 30.1 Å². The molecule has 2 amide bonds. The first-order valence-electron chi connectivity index (χ1n) is 10.5. The van der Waals surface area contributed by atoms with Gasteiger partial charge in [-0.05, 0) is 48.5 Å². The molecular formula is C25H24BrN3O3. The molecule has 1 aliphatic rings. The summed E-state index contributed by atoms with van der Waals surface area (Å²) in [4.78, 5) is 29.5. The first-order chi connectivity index (χ1) is 15.6. The van der Waals surface area contributed by atoms with Crippen LogP contribution in [0, 0.1) is 0 Å². The molecule has 7 heteroatoms. The normalized spacial score (nSPS) is 13.5. The number of hydrogen-bond donors (Lipinski definition) is 1. The van der Waals surface area contributed by atoms with Crippen LogP contribution in [0.3, 0.4) is 0 Å². The van der Waals surface area contributed by atoms with Crippen molar-refractivity contribution >= 4 is 39.1 Å². The third kappa shape index (κ3) is 5.48. The van der Waals surface area contributed by atoms with Crippen LogP contribution in [-0.4, -0.2) is 49.5 Å². The Bertz CT molecular complexity index is 1070. The summed E-state index contributed by atoms with van der Waals surface area (Å²) in [7, 11) is 0. The highest BCUT2D eigenvalue weighted by Gasteiger charge is 2.24. The van der Waals surface area contributed by atoms with Crippen LogP contribution in [-0.2, 0) is 4.79 Å². The lowest BCUT2D eigenvalue weighted by Crippen LogP contribution is -2.48. The van der Waals surface area contributed by atoms with Crippen LogP contribution in [0.2, 0.25) is 0 Å². The molecule has 0 bridgehead atoms. The number of rotatable bonds is 6. The maximum Gasteiger partial charge on any atom is 0.262 e. The number of piperazine rings is 1. The van der Waals surface area contributed by atoms with Crippen LogP contribution in [0.25, 0.3) is 0 Å². The Morgan fingerprint density at radius 3 is 2.22 bits per heavy atom. The summed E-state index contributed by atoms with van der Waals surface area (Å²) in [6.07, 6.45) is 0. The van der Waals surface area contributed by atoms with Gasteiger partial charge in [0.25, 0.3) is 11.8 Å². The summed E-state index contributed by atoms with van der Waals surface area (Å²) in [5.41, 5.74) is 2.32. The Morgan fingerprint density at radius 2 is 1.50 bits per heavy atom. The Balaban J connectivity index is 1.35. The summed E-state index contributed by atoms with van der Waals surface area (Å²) in [5.74, 6) is 0.0432. The first kappa shape index (κ1) is 21.9. The zero-order chi connectivity index (χ0) is 22.3. The molecule has 0 spiro atoms. The van der Waals surface area contributed by atoms with Gasteiger partial charge in [0.1, 0.15) is 5.75 Å². The fourth-order valence-electron chi connectivity index (χ4n) is 3.62. The topological polar surface area (TPSA) is 61.9 Å². The van der Waals surface area contributed by atoms with Gasteiger partial charge in [0, 0.05) is 42.0 Å². The van der Waals surface area contributed by atoms with Gasteiger partial charge >= 0.3 is 0 Å². The quantitative estimate of drug-likeness (QED) is 0.551. The van der Waals surface area contributed by atoms with Crippen molar-refractivity contribution in [3.63, 3.8) is 0 Å². The predicted molar refractivity (Wildman–Crippen MR) is 129 cm³/mol. The molecule has 0 unspecified atom stereocenters. The summed E-state index contributed by atoms with van der Waals surface area (Å²) < 4.78 is 6.65. The fraction of sp³-hybridized carbons (Fsp3) is 0.200. The monoisotopic (exact) mass is 493 g/mol. The van der Waals surface area contributed by atoms with Crippen LogP contribution >= 0.6 is 15.9 Å². The number of carbonyl (C=O) groups excluding carboxylic acids is 2. The average Bonchev–Trinajstić information content (AvgIpc) is 2.84. The number of nitrogens with zero attached hydrogens (tertiary/aromatic N) is 2. The van der Waals surface area contributed by atoms with Crippen molar-refractivity contribution in [2.75, 3.05) is 43.0 Å². The van der Waals surface area contributed by atoms with Crippen molar-refractivity contribution in [1.29, 1.82) is 0 Å². The smallest absolute Gasteiger partial charge is 0.262 e. The molecule has 6 nitrogen and oxygen atoms in total. The molecule has 32 heavy (non-hydrogen) atoms. The van der Waals surface area contributed by atoms with Crippen molar-refractivity contribution in [2.45, 2.75) is 0 Å². The maximum absolute atomic E-state index is 13.2. The fourth-order valence-corrected chi connectivity index (χ4v) is 3.88. The van der Waals surface area contributed by atoms with Crippen molar-refractivity contribution in [3.05, 3.63) is 88.9 Å². The van der Waals surface area contributed by atoms with Crippen LogP contribution < -0.4 is 15.0 Å². The summed E-state index contributed by atoms with van der Waals surface area (Å²) in [6, 6.07) is 24.6. The molecule has 164 valence electrons. The average molecular weight is 494 g/mol. The van der Waals surface area contributed by atoms with Gasteiger partial charge < -0.3 is 19.9 Å². The summed E-state index contributed by atoms with van der Waals surface area (Å²) >= 11 is 3.37. The highest BCUT2D eigenvalue weighted by molar-refractivity contribution is 9.10. The summed E-state index contributed by atoms with van der Waals surface area (Å²) in [5, 5.41) is 2.79. The van der Waals surface area contributed by atoms with E-state index in [1.165, 1.54) is 5.69 Å². The molecule has 0 aliphatic carbocycles. The lowest BCUT2D eigenvalue weighted by atomic mass is 10.1. The van der Waals surface area contributed by atoms with Crippen molar-refractivity contribution in [1.82, 2.24) is 4.90 Å². The molecule has 3 aromatic carbocycles. The maximum atomic E-state index is 13.2. The third-order valence-corrected chi connectivity index (χ3v) is 5.82. The van der Waals surface area contributed by atoms with Gasteiger partial charge in [-0.2, -0.15) is 0 Å². The number of hydrogen-bond acceptors (Lipinski definition) is 4. The van der Waals surface area contributed by atoms with Crippen LogP contribution in [0.4, 0.5) is 11.4 Å². The Kier molecular flexibility index (Phi) is 7.07. The molecule has 0 saturated carbocycles. The van der Waals surface area contributed by atoms with E-state index in [2.05, 4.69) is 38.3 Å². The van der Waals surface area contributed by atoms with Crippen molar-refractivity contribution in [2.24, 2.45) is 0 Å². The Labute approximate surface area is 195 Å². The van der Waals surface area contributed by atoms with Crippen LogP contribution in [0.5, 0.6) is 5.75 Å². The number of para-hydroxylation sites is 2. The molecule has 0 radical (unpaired) electrons. The largest absolute Gasteiger partial charge is 0.483 e. The van der Waals surface area contributed by atoms with E-state index in [4.69, 9.17) is 4.74 Å². The minimum atomic E-state index is -0.286. The Morgan fingerprint density at radius 1 is 0.844 bits per heavy atom. The number of benzene rings is 3. The van der Waals surface area contributed by atoms with E-state index in [9.17, 15) is 9.59 Å². The lowest BCUT2D eigenvalue weighted by molar-refractivity contribution is -0.118. The standard InChI is InChI=1S/C25H24BrN3O3/c26-19-10-12-20(13-11-19)27-24(30)18-32-23-9-5-4-8-22(23)25(31)29-16-14-28(15-17-29)21-6-2-1-3-7-21/h1-13H,14-18H2,(H,27,30). The molecule has 1 N–H and O–H groups in total. The minimum Gasteiger partial charge on any atom is -0.483 e. The van der Waals surface area contributed by atoms with Gasteiger partial charge in [0.2, 0.25) is 0 Å². The molecule has 4 rings (SSSR count). The number of amides is 2. The Hall–Kier alpha value is -3.32. The molecule has 0 aromatic heterocycles. The number of anilines is 2. The minimum absolute atomic E-state index is 0.0818. The van der Waals surface area contributed by atoms with Crippen molar-refractivity contribution in [3.8, 4) is 5.75 Å². The van der Waals surface area contributed by atoms with Crippen LogP contribution in [0.1, 0.15) is 10.4 Å². The van der Waals surface area contributed by atoms with Gasteiger partial charge in [-0.3, -0.25) is 9.59 Å². The van der Waals surface area contributed by atoms with Gasteiger partial charge in [0.05, 0.1) is 5.56 Å². The molecule has 1 heterocycles. The second-order valence-corrected chi connectivity index (χ2v) is 8.37. The second kappa shape index (κ2) is 10.3. The molecule has 3 aromatic rings. The molecule has 1 saturated heterocycles. The van der Waals surface area contributed by atoms with E-state index in [-0.39, 0.29) is 18.4 Å². The van der Waals surface area contributed by atoms with Crippen molar-refractivity contribution < 1.29 is 14.3 Å². The second-order valence-electron chi connectivity index (χ2n) is 7.45. The van der Waals surface area contributed by atoms with E-state index >= 15 is 0 Å². The predicted octanol–water partition coefficient (Wildman–Crippen LogP) is 4.43. The van der Waals surface area contributed by atoms with Gasteiger partial charge in [-0.1, -0.05) is 46.3 Å². The zero-order valence-electron chi connectivity index (χ0n) is 17.5. The SMILES string of the molecule is O=C(COc1ccccc1C(=O)N1CCN(c2ccccc2)CC1)Nc1ccc(Br)cc1.